The zero-order valence-corrected chi connectivity index (χ0v) is 11.8. The molecule has 2 nitrogen and oxygen atoms in total. The van der Waals surface area contributed by atoms with Crippen LogP contribution >= 0.6 is 0 Å². The molecule has 0 amide bonds. The lowest BCUT2D eigenvalue weighted by Crippen LogP contribution is -2.49. The molecule has 0 aliphatic carbocycles. The van der Waals surface area contributed by atoms with Crippen molar-refractivity contribution < 1.29 is 0 Å². The van der Waals surface area contributed by atoms with Crippen molar-refractivity contribution in [1.82, 2.24) is 10.6 Å². The van der Waals surface area contributed by atoms with Crippen molar-refractivity contribution in [3.63, 3.8) is 0 Å². The van der Waals surface area contributed by atoms with Crippen LogP contribution in [0.15, 0.2) is 0 Å². The summed E-state index contributed by atoms with van der Waals surface area (Å²) < 4.78 is 0. The van der Waals surface area contributed by atoms with E-state index in [1.54, 1.807) is 0 Å². The summed E-state index contributed by atoms with van der Waals surface area (Å²) in [6.07, 6.45) is 3.91. The highest BCUT2D eigenvalue weighted by Crippen LogP contribution is 2.26. The van der Waals surface area contributed by atoms with Gasteiger partial charge in [0.15, 0.2) is 0 Å². The zero-order valence-electron chi connectivity index (χ0n) is 11.8. The Morgan fingerprint density at radius 3 is 2.50 bits per heavy atom. The highest BCUT2D eigenvalue weighted by Gasteiger charge is 2.31. The molecule has 1 unspecified atom stereocenters. The van der Waals surface area contributed by atoms with Gasteiger partial charge in [0.05, 0.1) is 0 Å². The van der Waals surface area contributed by atoms with Gasteiger partial charge >= 0.3 is 0 Å². The van der Waals surface area contributed by atoms with Crippen molar-refractivity contribution in [3.05, 3.63) is 0 Å². The molecule has 2 heteroatoms. The molecule has 0 radical (unpaired) electrons. The first-order chi connectivity index (χ1) is 7.42. The zero-order chi connectivity index (χ0) is 12.2. The second-order valence-corrected chi connectivity index (χ2v) is 6.41. The Hall–Kier alpha value is -0.0800. The minimum absolute atomic E-state index is 0.382. The van der Waals surface area contributed by atoms with Crippen LogP contribution in [0.4, 0.5) is 0 Å². The molecule has 1 aliphatic heterocycles. The third-order valence-electron chi connectivity index (χ3n) is 4.62. The standard InChI is InChI=1S/C14H30N2/c1-6-14(8-7-9-16-14)11-15-10-13(4,5)12(2)3/h12,15-16H,6-11H2,1-5H3. The summed E-state index contributed by atoms with van der Waals surface area (Å²) in [7, 11) is 0. The largest absolute Gasteiger partial charge is 0.314 e. The van der Waals surface area contributed by atoms with Crippen molar-refractivity contribution in [2.24, 2.45) is 11.3 Å². The molecule has 0 aromatic rings. The number of rotatable bonds is 6. The van der Waals surface area contributed by atoms with E-state index >= 15 is 0 Å². The fraction of sp³-hybridized carbons (Fsp3) is 1.00. The summed E-state index contributed by atoms with van der Waals surface area (Å²) in [5.74, 6) is 0.731. The minimum atomic E-state index is 0.382. The summed E-state index contributed by atoms with van der Waals surface area (Å²) in [5, 5.41) is 7.35. The van der Waals surface area contributed by atoms with E-state index in [1.807, 2.05) is 0 Å². The molecule has 2 N–H and O–H groups in total. The molecule has 1 rings (SSSR count). The Balaban J connectivity index is 2.34. The smallest absolute Gasteiger partial charge is 0.0304 e. The van der Waals surface area contributed by atoms with E-state index in [-0.39, 0.29) is 0 Å². The predicted octanol–water partition coefficient (Wildman–Crippen LogP) is 2.79. The number of nitrogens with one attached hydrogen (secondary N) is 2. The molecular formula is C14H30N2. The number of hydrogen-bond acceptors (Lipinski definition) is 2. The first kappa shape index (κ1) is 14.0. The van der Waals surface area contributed by atoms with Crippen molar-refractivity contribution in [1.29, 1.82) is 0 Å². The Labute approximate surface area is 102 Å². The highest BCUT2D eigenvalue weighted by molar-refractivity contribution is 4.94. The van der Waals surface area contributed by atoms with Gasteiger partial charge in [-0.3, -0.25) is 0 Å². The molecular weight excluding hydrogens is 196 g/mol. The van der Waals surface area contributed by atoms with Gasteiger partial charge in [0.1, 0.15) is 0 Å². The fourth-order valence-electron chi connectivity index (χ4n) is 2.27. The van der Waals surface area contributed by atoms with E-state index in [2.05, 4.69) is 45.3 Å². The second kappa shape index (κ2) is 5.50. The van der Waals surface area contributed by atoms with Crippen LogP contribution in [-0.2, 0) is 0 Å². The van der Waals surface area contributed by atoms with Gasteiger partial charge in [0.25, 0.3) is 0 Å². The normalized spacial score (nSPS) is 26.6. The molecule has 0 spiro atoms. The Kier molecular flexibility index (Phi) is 4.81. The van der Waals surface area contributed by atoms with Crippen LogP contribution in [0.2, 0.25) is 0 Å². The lowest BCUT2D eigenvalue weighted by atomic mass is 9.81. The molecule has 16 heavy (non-hydrogen) atoms. The summed E-state index contributed by atoms with van der Waals surface area (Å²) >= 11 is 0. The van der Waals surface area contributed by atoms with Gasteiger partial charge < -0.3 is 10.6 Å². The van der Waals surface area contributed by atoms with Crippen LogP contribution in [0.25, 0.3) is 0 Å². The molecule has 0 aromatic heterocycles. The van der Waals surface area contributed by atoms with Crippen LogP contribution < -0.4 is 10.6 Å². The molecule has 1 saturated heterocycles. The molecule has 0 bridgehead atoms. The van der Waals surface area contributed by atoms with Crippen molar-refractivity contribution in [3.8, 4) is 0 Å². The molecule has 1 heterocycles. The van der Waals surface area contributed by atoms with Gasteiger partial charge in [0.2, 0.25) is 0 Å². The second-order valence-electron chi connectivity index (χ2n) is 6.41. The van der Waals surface area contributed by atoms with E-state index in [1.165, 1.54) is 25.8 Å². The summed E-state index contributed by atoms with van der Waals surface area (Å²) in [6.45, 7) is 15.1. The van der Waals surface area contributed by atoms with Gasteiger partial charge in [-0.2, -0.15) is 0 Å². The maximum absolute atomic E-state index is 3.68. The number of hydrogen-bond donors (Lipinski definition) is 2. The monoisotopic (exact) mass is 226 g/mol. The van der Waals surface area contributed by atoms with E-state index < -0.39 is 0 Å². The highest BCUT2D eigenvalue weighted by atomic mass is 15.1. The summed E-state index contributed by atoms with van der Waals surface area (Å²) in [5.41, 5.74) is 0.778. The van der Waals surface area contributed by atoms with Crippen molar-refractivity contribution in [2.75, 3.05) is 19.6 Å². The molecule has 1 fully saturated rings. The maximum atomic E-state index is 3.68. The van der Waals surface area contributed by atoms with Gasteiger partial charge in [-0.25, -0.2) is 0 Å². The first-order valence-electron chi connectivity index (χ1n) is 6.88. The Morgan fingerprint density at radius 1 is 1.38 bits per heavy atom. The fourth-order valence-corrected chi connectivity index (χ4v) is 2.27. The molecule has 1 atom stereocenters. The molecule has 1 aliphatic rings. The first-order valence-corrected chi connectivity index (χ1v) is 6.88. The van der Waals surface area contributed by atoms with Crippen molar-refractivity contribution >= 4 is 0 Å². The Bertz CT molecular complexity index is 203. The average Bonchev–Trinajstić information content (AvgIpc) is 2.67. The van der Waals surface area contributed by atoms with Crippen LogP contribution in [0.3, 0.4) is 0 Å². The van der Waals surface area contributed by atoms with Crippen molar-refractivity contribution in [2.45, 2.75) is 59.4 Å². The third-order valence-corrected chi connectivity index (χ3v) is 4.62. The lowest BCUT2D eigenvalue weighted by molar-refractivity contribution is 0.223. The van der Waals surface area contributed by atoms with Gasteiger partial charge in [-0.1, -0.05) is 34.6 Å². The summed E-state index contributed by atoms with van der Waals surface area (Å²) in [4.78, 5) is 0. The quantitative estimate of drug-likeness (QED) is 0.728. The van der Waals surface area contributed by atoms with E-state index in [0.29, 0.717) is 11.0 Å². The van der Waals surface area contributed by atoms with E-state index in [4.69, 9.17) is 0 Å². The molecule has 0 saturated carbocycles. The van der Waals surface area contributed by atoms with Crippen LogP contribution in [0, 0.1) is 11.3 Å². The van der Waals surface area contributed by atoms with Crippen LogP contribution in [-0.4, -0.2) is 25.2 Å². The molecule has 96 valence electrons. The average molecular weight is 226 g/mol. The van der Waals surface area contributed by atoms with E-state index in [0.717, 1.165) is 19.0 Å². The van der Waals surface area contributed by atoms with Crippen LogP contribution in [0.1, 0.15) is 53.9 Å². The predicted molar refractivity (Wildman–Crippen MR) is 71.7 cm³/mol. The van der Waals surface area contributed by atoms with Gasteiger partial charge in [-0.05, 0) is 37.1 Å². The maximum Gasteiger partial charge on any atom is 0.0304 e. The third kappa shape index (κ3) is 3.46. The van der Waals surface area contributed by atoms with Gasteiger partial charge in [-0.15, -0.1) is 0 Å². The van der Waals surface area contributed by atoms with Crippen LogP contribution in [0.5, 0.6) is 0 Å². The van der Waals surface area contributed by atoms with Gasteiger partial charge in [0, 0.05) is 18.6 Å². The molecule has 0 aromatic carbocycles. The SMILES string of the molecule is CCC1(CNCC(C)(C)C(C)C)CCCN1. The van der Waals surface area contributed by atoms with E-state index in [9.17, 15) is 0 Å². The lowest BCUT2D eigenvalue weighted by Gasteiger charge is -2.33. The summed E-state index contributed by atoms with van der Waals surface area (Å²) in [6, 6.07) is 0. The Morgan fingerprint density at radius 2 is 2.06 bits per heavy atom. The minimum Gasteiger partial charge on any atom is -0.314 e. The topological polar surface area (TPSA) is 24.1 Å².